The maximum absolute atomic E-state index is 13.1. The summed E-state index contributed by atoms with van der Waals surface area (Å²) in [5.41, 5.74) is 0.894. The van der Waals surface area contributed by atoms with Crippen LogP contribution in [0.4, 0.5) is 0 Å². The molecule has 5 nitrogen and oxygen atoms in total. The molecule has 1 heterocycles. The Bertz CT molecular complexity index is 908. The fourth-order valence-electron chi connectivity index (χ4n) is 2.84. The lowest BCUT2D eigenvalue weighted by Crippen LogP contribution is -2.39. The van der Waals surface area contributed by atoms with E-state index in [9.17, 15) is 18.3 Å². The number of hydrogen-bond donors (Lipinski definition) is 1. The number of sulfonamides is 1. The molecule has 0 saturated heterocycles. The standard InChI is InChI=1S/C18H16ClNO4S/c19-15-7-9-16(10-8-15)25(23,24)20-12-14(18(21)22)6-11-17(20)13-4-2-1-3-5-13/h1-10,17H,11-12H2,(H,21,22)/t17-/m1/s1. The number of carboxylic acid groups (broad SMARTS) is 1. The second-order valence-corrected chi connectivity index (χ2v) is 8.03. The zero-order chi connectivity index (χ0) is 18.0. The summed E-state index contributed by atoms with van der Waals surface area (Å²) >= 11 is 5.84. The molecule has 25 heavy (non-hydrogen) atoms. The van der Waals surface area contributed by atoms with Crippen LogP contribution in [0.25, 0.3) is 0 Å². The van der Waals surface area contributed by atoms with Crippen LogP contribution in [0.3, 0.4) is 0 Å². The second kappa shape index (κ2) is 7.00. The molecule has 1 N–H and O–H groups in total. The molecule has 0 amide bonds. The molecule has 0 radical (unpaired) electrons. The quantitative estimate of drug-likeness (QED) is 0.885. The molecule has 1 atom stereocenters. The maximum atomic E-state index is 13.1. The van der Waals surface area contributed by atoms with Crippen LogP contribution < -0.4 is 0 Å². The number of carbonyl (C=O) groups is 1. The normalized spacial score (nSPS) is 18.6. The van der Waals surface area contributed by atoms with Gasteiger partial charge in [-0.1, -0.05) is 48.0 Å². The number of benzene rings is 2. The topological polar surface area (TPSA) is 74.7 Å². The molecular formula is C18H16ClNO4S. The van der Waals surface area contributed by atoms with Gasteiger partial charge in [0.25, 0.3) is 0 Å². The molecule has 0 spiro atoms. The lowest BCUT2D eigenvalue weighted by atomic mass is 9.98. The van der Waals surface area contributed by atoms with E-state index in [-0.39, 0.29) is 17.0 Å². The summed E-state index contributed by atoms with van der Waals surface area (Å²) in [5.74, 6) is -1.11. The summed E-state index contributed by atoms with van der Waals surface area (Å²) in [6.07, 6.45) is 1.90. The average molecular weight is 378 g/mol. The molecule has 7 heteroatoms. The minimum atomic E-state index is -3.87. The monoisotopic (exact) mass is 377 g/mol. The number of halogens is 1. The molecule has 0 unspecified atom stereocenters. The van der Waals surface area contributed by atoms with Crippen LogP contribution in [-0.4, -0.2) is 30.3 Å². The SMILES string of the molecule is O=C(O)C1=CC[C@H](c2ccccc2)N(S(=O)(=O)c2ccc(Cl)cc2)C1. The highest BCUT2D eigenvalue weighted by atomic mass is 35.5. The van der Waals surface area contributed by atoms with Crippen LogP contribution in [0, 0.1) is 0 Å². The fourth-order valence-corrected chi connectivity index (χ4v) is 4.57. The number of nitrogens with zero attached hydrogens (tertiary/aromatic N) is 1. The molecule has 1 aliphatic rings. The molecule has 130 valence electrons. The van der Waals surface area contributed by atoms with E-state index >= 15 is 0 Å². The largest absolute Gasteiger partial charge is 0.478 e. The average Bonchev–Trinajstić information content (AvgIpc) is 2.62. The predicted octanol–water partition coefficient (Wildman–Crippen LogP) is 3.49. The van der Waals surface area contributed by atoms with E-state index in [2.05, 4.69) is 0 Å². The molecule has 0 bridgehead atoms. The van der Waals surface area contributed by atoms with Gasteiger partial charge < -0.3 is 5.11 Å². The molecule has 0 aromatic heterocycles. The van der Waals surface area contributed by atoms with Crippen LogP contribution >= 0.6 is 11.6 Å². The zero-order valence-corrected chi connectivity index (χ0v) is 14.7. The van der Waals surface area contributed by atoms with Crippen LogP contribution in [0.1, 0.15) is 18.0 Å². The maximum Gasteiger partial charge on any atom is 0.332 e. The molecule has 0 saturated carbocycles. The first kappa shape index (κ1) is 17.7. The predicted molar refractivity (Wildman–Crippen MR) is 94.9 cm³/mol. The Labute approximate surface area is 151 Å². The van der Waals surface area contributed by atoms with E-state index in [0.717, 1.165) is 5.56 Å². The first-order valence-electron chi connectivity index (χ1n) is 7.64. The van der Waals surface area contributed by atoms with E-state index in [1.54, 1.807) is 6.08 Å². The summed E-state index contributed by atoms with van der Waals surface area (Å²) in [4.78, 5) is 11.4. The summed E-state index contributed by atoms with van der Waals surface area (Å²) in [6, 6.07) is 14.6. The molecule has 1 aliphatic heterocycles. The molecule has 0 fully saturated rings. The van der Waals surface area contributed by atoms with Crippen molar-refractivity contribution in [2.24, 2.45) is 0 Å². The van der Waals surface area contributed by atoms with Gasteiger partial charge in [-0.05, 0) is 36.2 Å². The van der Waals surface area contributed by atoms with Gasteiger partial charge in [-0.25, -0.2) is 13.2 Å². The van der Waals surface area contributed by atoms with Crippen molar-refractivity contribution in [1.82, 2.24) is 4.31 Å². The van der Waals surface area contributed by atoms with E-state index in [1.807, 2.05) is 30.3 Å². The van der Waals surface area contributed by atoms with Crippen LogP contribution in [0.5, 0.6) is 0 Å². The van der Waals surface area contributed by atoms with E-state index < -0.39 is 22.0 Å². The van der Waals surface area contributed by atoms with Gasteiger partial charge in [0.15, 0.2) is 0 Å². The van der Waals surface area contributed by atoms with Crippen molar-refractivity contribution >= 4 is 27.6 Å². The van der Waals surface area contributed by atoms with Crippen molar-refractivity contribution in [3.63, 3.8) is 0 Å². The Balaban J connectivity index is 2.06. The fraction of sp³-hybridized carbons (Fsp3) is 0.167. The molecule has 2 aromatic carbocycles. The number of aliphatic carboxylic acids is 1. The van der Waals surface area contributed by atoms with Gasteiger partial charge >= 0.3 is 5.97 Å². The summed E-state index contributed by atoms with van der Waals surface area (Å²) in [6.45, 7) is -0.181. The van der Waals surface area contributed by atoms with Crippen molar-refractivity contribution < 1.29 is 18.3 Å². The van der Waals surface area contributed by atoms with Gasteiger partial charge in [-0.15, -0.1) is 0 Å². The summed E-state index contributed by atoms with van der Waals surface area (Å²) in [5, 5.41) is 9.71. The number of hydrogen-bond acceptors (Lipinski definition) is 3. The third-order valence-corrected chi connectivity index (χ3v) is 6.26. The number of carboxylic acids is 1. The minimum Gasteiger partial charge on any atom is -0.478 e. The third kappa shape index (κ3) is 3.61. The highest BCUT2D eigenvalue weighted by Gasteiger charge is 2.36. The van der Waals surface area contributed by atoms with Gasteiger partial charge in [0, 0.05) is 17.1 Å². The Hall–Kier alpha value is -2.15. The highest BCUT2D eigenvalue weighted by Crippen LogP contribution is 2.35. The lowest BCUT2D eigenvalue weighted by Gasteiger charge is -2.34. The minimum absolute atomic E-state index is 0.0738. The van der Waals surface area contributed by atoms with Crippen molar-refractivity contribution in [2.75, 3.05) is 6.54 Å². The lowest BCUT2D eigenvalue weighted by molar-refractivity contribution is -0.133. The van der Waals surface area contributed by atoms with E-state index in [1.165, 1.54) is 28.6 Å². The van der Waals surface area contributed by atoms with Crippen molar-refractivity contribution in [3.8, 4) is 0 Å². The van der Waals surface area contributed by atoms with Gasteiger partial charge in [-0.3, -0.25) is 0 Å². The second-order valence-electron chi connectivity index (χ2n) is 5.70. The van der Waals surface area contributed by atoms with Gasteiger partial charge in [-0.2, -0.15) is 4.31 Å². The van der Waals surface area contributed by atoms with Crippen LogP contribution in [0.2, 0.25) is 5.02 Å². The Morgan fingerprint density at radius 1 is 1.08 bits per heavy atom. The smallest absolute Gasteiger partial charge is 0.332 e. The van der Waals surface area contributed by atoms with Crippen molar-refractivity contribution in [2.45, 2.75) is 17.4 Å². The molecule has 3 rings (SSSR count). The van der Waals surface area contributed by atoms with Crippen molar-refractivity contribution in [3.05, 3.63) is 76.8 Å². The van der Waals surface area contributed by atoms with Gasteiger partial charge in [0.2, 0.25) is 10.0 Å². The van der Waals surface area contributed by atoms with Crippen molar-refractivity contribution in [1.29, 1.82) is 0 Å². The highest BCUT2D eigenvalue weighted by molar-refractivity contribution is 7.89. The Morgan fingerprint density at radius 2 is 1.72 bits per heavy atom. The first-order chi connectivity index (χ1) is 11.9. The van der Waals surface area contributed by atoms with E-state index in [0.29, 0.717) is 11.4 Å². The van der Waals surface area contributed by atoms with Gasteiger partial charge in [0.1, 0.15) is 0 Å². The molecular weight excluding hydrogens is 362 g/mol. The summed E-state index contributed by atoms with van der Waals surface area (Å²) < 4.78 is 27.5. The first-order valence-corrected chi connectivity index (χ1v) is 9.46. The van der Waals surface area contributed by atoms with E-state index in [4.69, 9.17) is 11.6 Å². The van der Waals surface area contributed by atoms with Gasteiger partial charge in [0.05, 0.1) is 10.9 Å². The number of rotatable bonds is 4. The molecule has 2 aromatic rings. The Kier molecular flexibility index (Phi) is 4.94. The van der Waals surface area contributed by atoms with Crippen LogP contribution in [0.15, 0.2) is 71.1 Å². The summed E-state index contributed by atoms with van der Waals surface area (Å²) in [7, 11) is -3.87. The Morgan fingerprint density at radius 3 is 2.32 bits per heavy atom. The molecule has 0 aliphatic carbocycles. The zero-order valence-electron chi connectivity index (χ0n) is 13.2. The third-order valence-electron chi connectivity index (χ3n) is 4.14. The van der Waals surface area contributed by atoms with Crippen LogP contribution in [-0.2, 0) is 14.8 Å².